The monoisotopic (exact) mass is 410 g/mol. The lowest BCUT2D eigenvalue weighted by Gasteiger charge is -2.44. The highest BCUT2D eigenvalue weighted by Gasteiger charge is 2.35. The number of fused-ring (bicyclic) bond motifs is 4. The van der Waals surface area contributed by atoms with E-state index >= 15 is 0 Å². The van der Waals surface area contributed by atoms with Gasteiger partial charge in [-0.25, -0.2) is 4.98 Å². The van der Waals surface area contributed by atoms with Crippen LogP contribution in [0.2, 0.25) is 0 Å². The number of hydrogen-bond acceptors (Lipinski definition) is 6. The highest BCUT2D eigenvalue weighted by atomic mass is 32.1. The Morgan fingerprint density at radius 1 is 1.24 bits per heavy atom. The van der Waals surface area contributed by atoms with Crippen LogP contribution < -0.4 is 5.32 Å². The van der Waals surface area contributed by atoms with E-state index in [1.165, 1.54) is 25.9 Å². The number of ether oxygens (including phenoxy) is 1. The predicted octanol–water partition coefficient (Wildman–Crippen LogP) is 1.80. The Labute approximate surface area is 175 Å². The Kier molecular flexibility index (Phi) is 5.51. The van der Waals surface area contributed by atoms with Gasteiger partial charge in [-0.1, -0.05) is 11.8 Å². The summed E-state index contributed by atoms with van der Waals surface area (Å²) in [5.74, 6) is 7.09. The first kappa shape index (κ1) is 19.0. The van der Waals surface area contributed by atoms with Crippen molar-refractivity contribution in [2.24, 2.45) is 5.92 Å². The summed E-state index contributed by atoms with van der Waals surface area (Å²) in [6.45, 7) is 7.56. The van der Waals surface area contributed by atoms with Crippen molar-refractivity contribution < 1.29 is 9.53 Å². The fourth-order valence-corrected chi connectivity index (χ4v) is 5.39. The normalized spacial score (nSPS) is 26.8. The molecule has 4 saturated heterocycles. The number of carbonyl (C=O) groups is 1. The van der Waals surface area contributed by atoms with Crippen LogP contribution in [0.4, 0.5) is 0 Å². The van der Waals surface area contributed by atoms with E-state index < -0.39 is 0 Å². The number of nitrogens with zero attached hydrogens (tertiary/aromatic N) is 3. The molecule has 1 N–H and O–H groups in total. The minimum Gasteiger partial charge on any atom is -0.379 e. The molecule has 2 bridgehead atoms. The van der Waals surface area contributed by atoms with E-state index in [-0.39, 0.29) is 11.9 Å². The van der Waals surface area contributed by atoms with E-state index in [0.717, 1.165) is 54.4 Å². The highest BCUT2D eigenvalue weighted by Crippen LogP contribution is 2.28. The lowest BCUT2D eigenvalue weighted by atomic mass is 9.84. The summed E-state index contributed by atoms with van der Waals surface area (Å²) < 4.78 is 6.44. The lowest BCUT2D eigenvalue weighted by Crippen LogP contribution is -2.57. The van der Waals surface area contributed by atoms with E-state index in [4.69, 9.17) is 4.74 Å². The molecule has 0 aliphatic carbocycles. The number of hydrogen-bond donors (Lipinski definition) is 1. The zero-order valence-corrected chi connectivity index (χ0v) is 17.3. The van der Waals surface area contributed by atoms with E-state index in [2.05, 4.69) is 38.0 Å². The summed E-state index contributed by atoms with van der Waals surface area (Å²) in [5, 5.41) is 4.27. The Bertz CT molecular complexity index is 949. The Morgan fingerprint density at radius 3 is 2.83 bits per heavy atom. The molecule has 152 valence electrons. The molecule has 0 radical (unpaired) electrons. The van der Waals surface area contributed by atoms with Crippen molar-refractivity contribution in [2.45, 2.75) is 18.9 Å². The minimum atomic E-state index is -0.0585. The van der Waals surface area contributed by atoms with Gasteiger partial charge in [-0.05, 0) is 49.4 Å². The SMILES string of the molecule is O=C(N[C@H]1CN2CCC1CC2)c1cc2cc(C#CCN3CCOCC3)sc2cn1. The van der Waals surface area contributed by atoms with Gasteiger partial charge in [0.05, 0.1) is 29.3 Å². The maximum absolute atomic E-state index is 12.8. The first-order valence-electron chi connectivity index (χ1n) is 10.5. The van der Waals surface area contributed by atoms with Gasteiger partial charge in [-0.15, -0.1) is 11.3 Å². The molecule has 2 aromatic rings. The van der Waals surface area contributed by atoms with Crippen molar-refractivity contribution in [1.29, 1.82) is 0 Å². The highest BCUT2D eigenvalue weighted by molar-refractivity contribution is 7.19. The fraction of sp³-hybridized carbons (Fsp3) is 0.545. The second kappa shape index (κ2) is 8.41. The molecule has 29 heavy (non-hydrogen) atoms. The van der Waals surface area contributed by atoms with Gasteiger partial charge >= 0.3 is 0 Å². The molecule has 0 saturated carbocycles. The van der Waals surface area contributed by atoms with Gasteiger partial charge < -0.3 is 15.0 Å². The van der Waals surface area contributed by atoms with Crippen molar-refractivity contribution in [3.63, 3.8) is 0 Å². The average Bonchev–Trinajstić information content (AvgIpc) is 3.17. The summed E-state index contributed by atoms with van der Waals surface area (Å²) in [6, 6.07) is 4.22. The molecule has 4 fully saturated rings. The van der Waals surface area contributed by atoms with Gasteiger partial charge in [0.2, 0.25) is 0 Å². The van der Waals surface area contributed by atoms with Crippen molar-refractivity contribution in [3.05, 3.63) is 28.9 Å². The van der Waals surface area contributed by atoms with Crippen molar-refractivity contribution in [2.75, 3.05) is 52.5 Å². The zero-order chi connectivity index (χ0) is 19.6. The van der Waals surface area contributed by atoms with Gasteiger partial charge in [0.15, 0.2) is 0 Å². The van der Waals surface area contributed by atoms with E-state index in [0.29, 0.717) is 11.6 Å². The topological polar surface area (TPSA) is 57.7 Å². The van der Waals surface area contributed by atoms with Crippen LogP contribution in [0.3, 0.4) is 0 Å². The first-order valence-corrected chi connectivity index (χ1v) is 11.3. The van der Waals surface area contributed by atoms with E-state index in [1.807, 2.05) is 6.07 Å². The quantitative estimate of drug-likeness (QED) is 0.782. The van der Waals surface area contributed by atoms with Crippen molar-refractivity contribution >= 4 is 27.3 Å². The third kappa shape index (κ3) is 4.31. The number of pyridine rings is 1. The largest absolute Gasteiger partial charge is 0.379 e. The summed E-state index contributed by atoms with van der Waals surface area (Å²) >= 11 is 1.63. The molecule has 1 atom stereocenters. The van der Waals surface area contributed by atoms with Crippen LogP contribution in [0.5, 0.6) is 0 Å². The standard InChI is InChI=1S/C22H26N4O2S/c27-22(24-20-15-26-6-3-16(20)4-7-26)19-13-17-12-18(29-21(17)14-23-19)2-1-5-25-8-10-28-11-9-25/h12-14,16,20H,3-11,15H2,(H,24,27)/t20-/m0/s1. The van der Waals surface area contributed by atoms with Crippen LogP contribution in [-0.2, 0) is 4.74 Å². The second-order valence-corrected chi connectivity index (χ2v) is 9.21. The number of amides is 1. The van der Waals surface area contributed by atoms with Crippen LogP contribution in [0.15, 0.2) is 18.3 Å². The van der Waals surface area contributed by atoms with Gasteiger partial charge in [0.25, 0.3) is 5.91 Å². The molecule has 0 spiro atoms. The van der Waals surface area contributed by atoms with E-state index in [9.17, 15) is 4.79 Å². The van der Waals surface area contributed by atoms with Crippen LogP contribution in [0, 0.1) is 17.8 Å². The third-order valence-corrected chi connectivity index (χ3v) is 7.23. The summed E-state index contributed by atoms with van der Waals surface area (Å²) in [7, 11) is 0. The number of thiophene rings is 1. The van der Waals surface area contributed by atoms with Gasteiger partial charge in [0, 0.05) is 31.9 Å². The van der Waals surface area contributed by atoms with Crippen molar-refractivity contribution in [1.82, 2.24) is 20.1 Å². The lowest BCUT2D eigenvalue weighted by molar-refractivity contribution is 0.0443. The second-order valence-electron chi connectivity index (χ2n) is 8.13. The Morgan fingerprint density at radius 2 is 2.07 bits per heavy atom. The molecule has 6 nitrogen and oxygen atoms in total. The number of rotatable bonds is 3. The minimum absolute atomic E-state index is 0.0585. The van der Waals surface area contributed by atoms with E-state index in [1.54, 1.807) is 17.5 Å². The molecule has 0 aromatic carbocycles. The fourth-order valence-electron chi connectivity index (χ4n) is 4.50. The molecule has 4 aliphatic heterocycles. The van der Waals surface area contributed by atoms with Gasteiger partial charge in [-0.3, -0.25) is 9.69 Å². The van der Waals surface area contributed by atoms with Crippen LogP contribution >= 0.6 is 11.3 Å². The first-order chi connectivity index (χ1) is 14.2. The maximum Gasteiger partial charge on any atom is 0.270 e. The molecule has 2 aromatic heterocycles. The van der Waals surface area contributed by atoms with Gasteiger partial charge in [-0.2, -0.15) is 0 Å². The van der Waals surface area contributed by atoms with Crippen molar-refractivity contribution in [3.8, 4) is 11.8 Å². The number of piperidine rings is 3. The maximum atomic E-state index is 12.8. The molecule has 6 heterocycles. The molecule has 6 rings (SSSR count). The average molecular weight is 411 g/mol. The zero-order valence-electron chi connectivity index (χ0n) is 16.5. The number of morpholine rings is 1. The Balaban J connectivity index is 1.25. The predicted molar refractivity (Wildman–Crippen MR) is 114 cm³/mol. The molecule has 7 heteroatoms. The van der Waals surface area contributed by atoms with Crippen LogP contribution in [-0.4, -0.2) is 79.2 Å². The van der Waals surface area contributed by atoms with Crippen LogP contribution in [0.25, 0.3) is 10.1 Å². The molecular weight excluding hydrogens is 384 g/mol. The Hall–Kier alpha value is -1.98. The summed E-state index contributed by atoms with van der Waals surface area (Å²) in [6.07, 6.45) is 4.18. The molecule has 4 aliphatic rings. The smallest absolute Gasteiger partial charge is 0.270 e. The molecule has 1 amide bonds. The number of aromatic nitrogens is 1. The number of nitrogens with one attached hydrogen (secondary N) is 1. The van der Waals surface area contributed by atoms with Crippen LogP contribution in [0.1, 0.15) is 28.2 Å². The summed E-state index contributed by atoms with van der Waals surface area (Å²) in [5.41, 5.74) is 0.500. The number of carbonyl (C=O) groups excluding carboxylic acids is 1. The third-order valence-electron chi connectivity index (χ3n) is 6.23. The molecular formula is C22H26N4O2S. The van der Waals surface area contributed by atoms with Gasteiger partial charge in [0.1, 0.15) is 5.69 Å². The molecule has 0 unspecified atom stereocenters. The summed E-state index contributed by atoms with van der Waals surface area (Å²) in [4.78, 5) is 22.9.